The third kappa shape index (κ3) is 26.8. The van der Waals surface area contributed by atoms with Crippen molar-refractivity contribution in [1.29, 1.82) is 0 Å². The lowest BCUT2D eigenvalue weighted by molar-refractivity contribution is -0.270. The first kappa shape index (κ1) is 63.4. The van der Waals surface area contributed by atoms with Crippen molar-refractivity contribution in [2.45, 2.75) is 198 Å². The van der Waals surface area contributed by atoms with Crippen molar-refractivity contribution >= 4 is 23.6 Å². The van der Waals surface area contributed by atoms with Crippen LogP contribution < -0.4 is 32.2 Å². The molecule has 0 bridgehead atoms. The zero-order valence-corrected chi connectivity index (χ0v) is 42.0. The largest absolute Gasteiger partial charge is 0.396 e. The Morgan fingerprint density at radius 3 is 1.26 bits per heavy atom. The van der Waals surface area contributed by atoms with E-state index in [9.17, 15) is 54.9 Å². The quantitative estimate of drug-likeness (QED) is 0.0263. The molecule has 70 heavy (non-hydrogen) atoms. The molecule has 410 valence electrons. The van der Waals surface area contributed by atoms with Crippen LogP contribution in [0.1, 0.15) is 136 Å². The fourth-order valence-electron chi connectivity index (χ4n) is 8.39. The molecule has 10 unspecified atom stereocenters. The minimum atomic E-state index is -1.39. The molecule has 2 aliphatic rings. The van der Waals surface area contributed by atoms with Gasteiger partial charge in [-0.05, 0) is 82.5 Å². The van der Waals surface area contributed by atoms with E-state index in [1.165, 1.54) is 13.8 Å². The molecule has 23 nitrogen and oxygen atoms in total. The maximum atomic E-state index is 12.3. The molecule has 0 aromatic rings. The van der Waals surface area contributed by atoms with Crippen molar-refractivity contribution < 1.29 is 83.5 Å². The number of ether oxygens (including phenoxy) is 4. The summed E-state index contributed by atoms with van der Waals surface area (Å²) in [7, 11) is 0. The molecule has 2 saturated heterocycles. The third-order valence-corrected chi connectivity index (χ3v) is 12.4. The highest BCUT2D eigenvalue weighted by Crippen LogP contribution is 2.34. The zero-order chi connectivity index (χ0) is 51.6. The van der Waals surface area contributed by atoms with Gasteiger partial charge in [0.05, 0.1) is 39.6 Å². The zero-order valence-electron chi connectivity index (χ0n) is 42.0. The van der Waals surface area contributed by atoms with E-state index in [1.54, 1.807) is 0 Å². The smallest absolute Gasteiger partial charge is 0.220 e. The van der Waals surface area contributed by atoms with Crippen LogP contribution in [0.25, 0.3) is 0 Å². The second-order valence-corrected chi connectivity index (χ2v) is 18.7. The van der Waals surface area contributed by atoms with Gasteiger partial charge in [0.2, 0.25) is 23.6 Å². The number of hydrogen-bond acceptors (Lipinski definition) is 19. The van der Waals surface area contributed by atoms with Crippen molar-refractivity contribution in [2.24, 2.45) is 5.41 Å². The molecule has 2 fully saturated rings. The Hall–Kier alpha value is -2.72. The maximum Gasteiger partial charge on any atom is 0.220 e. The second kappa shape index (κ2) is 37.9. The SMILES string of the molecule is CC(=O)NC1C(OCCCC(=O)NCCCCCCNOCCCC(C)(CCCO)CCCONCCCCCCNC(=O)CCCOC2OC(CO)C(O)C(O)C2NC(C)=O)OC(CO)C(O)C1O. The average molecular weight is 1010 g/mol. The number of hydrogen-bond donors (Lipinski definition) is 13. The van der Waals surface area contributed by atoms with Gasteiger partial charge in [-0.25, -0.2) is 11.0 Å². The van der Waals surface area contributed by atoms with Crippen molar-refractivity contribution in [2.75, 3.05) is 72.4 Å². The molecule has 10 atom stereocenters. The van der Waals surface area contributed by atoms with E-state index in [1.807, 2.05) is 0 Å². The molecular weight excluding hydrogens is 921 g/mol. The summed E-state index contributed by atoms with van der Waals surface area (Å²) < 4.78 is 22.4. The van der Waals surface area contributed by atoms with Gasteiger partial charge in [-0.1, -0.05) is 32.6 Å². The van der Waals surface area contributed by atoms with E-state index >= 15 is 0 Å². The fraction of sp³-hybridized carbons (Fsp3) is 0.915. The standard InChI is InChI=1S/C47H90N6O17/c1-33(57)52-39-43(63)41(61)35(31-55)69-45(39)65-27-12-17-37(59)48-22-8-4-6-10-24-50-67-29-15-20-47(3,19-14-26-54)21-16-30-68-51-25-11-7-5-9-23-49-38(60)18-13-28-66-46-40(53-34(2)58)44(64)42(62)36(32-56)70-46/h35-36,39-46,50-51,54-56,61-64H,4-32H2,1-3H3,(H,48,59)(H,49,60)(H,52,57)(H,53,58). The molecule has 0 aromatic heterocycles. The highest BCUT2D eigenvalue weighted by atomic mass is 16.7. The lowest BCUT2D eigenvalue weighted by atomic mass is 9.77. The van der Waals surface area contributed by atoms with Gasteiger partial charge >= 0.3 is 0 Å². The van der Waals surface area contributed by atoms with E-state index in [0.29, 0.717) is 39.1 Å². The van der Waals surface area contributed by atoms with E-state index < -0.39 is 86.3 Å². The third-order valence-electron chi connectivity index (χ3n) is 12.4. The van der Waals surface area contributed by atoms with Gasteiger partial charge in [0.15, 0.2) is 12.6 Å². The van der Waals surface area contributed by atoms with Crippen LogP contribution in [0.4, 0.5) is 0 Å². The number of rotatable bonds is 41. The Kier molecular flexibility index (Phi) is 34.4. The molecule has 23 heteroatoms. The first-order chi connectivity index (χ1) is 33.7. The first-order valence-corrected chi connectivity index (χ1v) is 25.5. The molecule has 4 amide bonds. The predicted octanol–water partition coefficient (Wildman–Crippen LogP) is -0.798. The Balaban J connectivity index is 1.41. The number of carbonyl (C=O) groups excluding carboxylic acids is 4. The number of aliphatic hydroxyl groups excluding tert-OH is 7. The van der Waals surface area contributed by atoms with Crippen molar-refractivity contribution in [1.82, 2.24) is 32.2 Å². The fourth-order valence-corrected chi connectivity index (χ4v) is 8.39. The highest BCUT2D eigenvalue weighted by Gasteiger charge is 2.46. The van der Waals surface area contributed by atoms with Gasteiger partial charge < -0.3 is 85.6 Å². The summed E-state index contributed by atoms with van der Waals surface area (Å²) in [6.45, 7) is 7.91. The van der Waals surface area contributed by atoms with Crippen LogP contribution in [0.3, 0.4) is 0 Å². The topological polar surface area (TPSA) is 337 Å². The summed E-state index contributed by atoms with van der Waals surface area (Å²) in [5, 5.41) is 80.1. The lowest BCUT2D eigenvalue weighted by Gasteiger charge is -2.42. The minimum absolute atomic E-state index is 0.0768. The normalized spacial score (nSPS) is 25.5. The van der Waals surface area contributed by atoms with E-state index in [-0.39, 0.29) is 49.9 Å². The van der Waals surface area contributed by atoms with E-state index in [2.05, 4.69) is 39.2 Å². The van der Waals surface area contributed by atoms with Crippen LogP contribution in [-0.2, 0) is 47.8 Å². The summed E-state index contributed by atoms with van der Waals surface area (Å²) >= 11 is 0. The summed E-state index contributed by atoms with van der Waals surface area (Å²) in [4.78, 5) is 59.0. The summed E-state index contributed by atoms with van der Waals surface area (Å²) in [6.07, 6.45) is 4.28. The van der Waals surface area contributed by atoms with Crippen molar-refractivity contribution in [3.8, 4) is 0 Å². The predicted molar refractivity (Wildman–Crippen MR) is 255 cm³/mol. The molecule has 0 radical (unpaired) electrons. The Bertz CT molecular complexity index is 1320. The van der Waals surface area contributed by atoms with Gasteiger partial charge in [-0.2, -0.15) is 0 Å². The van der Waals surface area contributed by atoms with Crippen LogP contribution in [0.5, 0.6) is 0 Å². The number of hydroxylamine groups is 2. The van der Waals surface area contributed by atoms with Crippen LogP contribution >= 0.6 is 0 Å². The minimum Gasteiger partial charge on any atom is -0.396 e. The number of nitrogens with one attached hydrogen (secondary N) is 6. The molecule has 0 spiro atoms. The number of unbranched alkanes of at least 4 members (excludes halogenated alkanes) is 6. The molecule has 2 heterocycles. The first-order valence-electron chi connectivity index (χ1n) is 25.5. The summed E-state index contributed by atoms with van der Waals surface area (Å²) in [5.41, 5.74) is 6.18. The Labute approximate surface area is 414 Å². The van der Waals surface area contributed by atoms with E-state index in [0.717, 1.165) is 103 Å². The van der Waals surface area contributed by atoms with Gasteiger partial charge in [-0.3, -0.25) is 19.2 Å². The van der Waals surface area contributed by atoms with E-state index in [4.69, 9.17) is 28.6 Å². The van der Waals surface area contributed by atoms with Gasteiger partial charge in [0.25, 0.3) is 0 Å². The monoisotopic (exact) mass is 1010 g/mol. The maximum absolute atomic E-state index is 12.3. The number of amides is 4. The number of carbonyl (C=O) groups is 4. The Morgan fingerprint density at radius 2 is 0.886 bits per heavy atom. The van der Waals surface area contributed by atoms with Crippen LogP contribution in [-0.4, -0.2) is 193 Å². The van der Waals surface area contributed by atoms with Gasteiger partial charge in [0.1, 0.15) is 48.7 Å². The molecule has 0 aliphatic carbocycles. The van der Waals surface area contributed by atoms with Crippen molar-refractivity contribution in [3.05, 3.63) is 0 Å². The summed E-state index contributed by atoms with van der Waals surface area (Å²) in [5.74, 6) is -1.10. The van der Waals surface area contributed by atoms with Crippen molar-refractivity contribution in [3.63, 3.8) is 0 Å². The average Bonchev–Trinajstić information content (AvgIpc) is 3.33. The van der Waals surface area contributed by atoms with Gasteiger partial charge in [-0.15, -0.1) is 0 Å². The van der Waals surface area contributed by atoms with Crippen LogP contribution in [0.2, 0.25) is 0 Å². The molecule has 2 rings (SSSR count). The highest BCUT2D eigenvalue weighted by molar-refractivity contribution is 5.76. The molecule has 0 aromatic carbocycles. The molecule has 13 N–H and O–H groups in total. The molecule has 2 aliphatic heterocycles. The van der Waals surface area contributed by atoms with Gasteiger partial charge in [0, 0.05) is 59.5 Å². The number of aliphatic hydroxyl groups is 7. The summed E-state index contributed by atoms with van der Waals surface area (Å²) in [6, 6.07) is -2.04. The lowest BCUT2D eigenvalue weighted by Crippen LogP contribution is -2.64. The molecular formula is C47H90N6O17. The second-order valence-electron chi connectivity index (χ2n) is 18.7. The van der Waals surface area contributed by atoms with Crippen LogP contribution in [0, 0.1) is 5.41 Å². The molecule has 0 saturated carbocycles. The van der Waals surface area contributed by atoms with Crippen LogP contribution in [0.15, 0.2) is 0 Å². The Morgan fingerprint density at radius 1 is 0.500 bits per heavy atom.